The highest BCUT2D eigenvalue weighted by Crippen LogP contribution is 2.27. The Morgan fingerprint density at radius 2 is 1.55 bits per heavy atom. The summed E-state index contributed by atoms with van der Waals surface area (Å²) < 4.78 is 27.5. The van der Waals surface area contributed by atoms with E-state index in [1.165, 1.54) is 9.87 Å². The van der Waals surface area contributed by atoms with Crippen molar-refractivity contribution in [2.75, 3.05) is 26.2 Å². The van der Waals surface area contributed by atoms with E-state index in [9.17, 15) is 18.0 Å². The highest BCUT2D eigenvalue weighted by Gasteiger charge is 2.30. The van der Waals surface area contributed by atoms with E-state index in [4.69, 9.17) is 11.6 Å². The molecule has 0 unspecified atom stereocenters. The first-order valence-corrected chi connectivity index (χ1v) is 12.3. The van der Waals surface area contributed by atoms with Crippen molar-refractivity contribution in [2.45, 2.75) is 37.0 Å². The molecular weight excluding hydrogens is 436 g/mol. The van der Waals surface area contributed by atoms with Crippen LogP contribution in [0.4, 0.5) is 0 Å². The molecule has 1 heterocycles. The van der Waals surface area contributed by atoms with Gasteiger partial charge in [0.25, 0.3) is 0 Å². The molecule has 2 aliphatic rings. The normalized spacial score (nSPS) is 16.9. The number of aryl methyl sites for hydroxylation is 2. The lowest BCUT2D eigenvalue weighted by molar-refractivity contribution is -0.132. The molecule has 1 fully saturated rings. The summed E-state index contributed by atoms with van der Waals surface area (Å²) in [4.78, 5) is 26.8. The molecule has 164 valence electrons. The zero-order valence-electron chi connectivity index (χ0n) is 17.2. The number of carbonyl (C=O) groups is 2. The number of benzene rings is 2. The number of fused-ring (bicyclic) bond motifs is 1. The fraction of sp³-hybridized carbons (Fsp3) is 0.391. The van der Waals surface area contributed by atoms with E-state index in [2.05, 4.69) is 0 Å². The molecular formula is C23H25ClN2O4S. The summed E-state index contributed by atoms with van der Waals surface area (Å²) in [5.74, 6) is -0.236. The first-order chi connectivity index (χ1) is 14.8. The van der Waals surface area contributed by atoms with E-state index in [1.807, 2.05) is 6.07 Å². The fourth-order valence-corrected chi connectivity index (χ4v) is 5.79. The highest BCUT2D eigenvalue weighted by atomic mass is 35.5. The summed E-state index contributed by atoms with van der Waals surface area (Å²) >= 11 is 5.83. The minimum Gasteiger partial charge on any atom is -0.340 e. The first kappa shape index (κ1) is 22.0. The molecule has 2 aromatic carbocycles. The Morgan fingerprint density at radius 3 is 2.26 bits per heavy atom. The molecule has 1 aliphatic carbocycles. The van der Waals surface area contributed by atoms with Crippen LogP contribution in [0, 0.1) is 0 Å². The number of halogens is 1. The van der Waals surface area contributed by atoms with Crippen LogP contribution in [0.3, 0.4) is 0 Å². The summed E-state index contributed by atoms with van der Waals surface area (Å²) in [5.41, 5.74) is 2.89. The van der Waals surface area contributed by atoms with Gasteiger partial charge in [-0.25, -0.2) is 8.42 Å². The number of nitrogens with zero attached hydrogens (tertiary/aromatic N) is 2. The summed E-state index contributed by atoms with van der Waals surface area (Å²) in [7, 11) is -3.57. The second kappa shape index (κ2) is 9.10. The minimum atomic E-state index is -3.57. The van der Waals surface area contributed by atoms with Gasteiger partial charge in [-0.1, -0.05) is 17.7 Å². The van der Waals surface area contributed by atoms with Crippen molar-refractivity contribution in [3.8, 4) is 0 Å². The number of rotatable bonds is 6. The Bertz CT molecular complexity index is 1090. The van der Waals surface area contributed by atoms with E-state index in [0.29, 0.717) is 28.6 Å². The van der Waals surface area contributed by atoms with E-state index in [1.54, 1.807) is 41.3 Å². The lowest BCUT2D eigenvalue weighted by Gasteiger charge is -2.34. The van der Waals surface area contributed by atoms with Crippen molar-refractivity contribution in [2.24, 2.45) is 0 Å². The van der Waals surface area contributed by atoms with Gasteiger partial charge in [-0.3, -0.25) is 9.59 Å². The number of carbonyl (C=O) groups excluding carboxylic acids is 2. The Kier molecular flexibility index (Phi) is 6.46. The zero-order valence-corrected chi connectivity index (χ0v) is 18.8. The predicted molar refractivity (Wildman–Crippen MR) is 119 cm³/mol. The molecule has 1 saturated heterocycles. The van der Waals surface area contributed by atoms with Gasteiger partial charge in [0.2, 0.25) is 15.9 Å². The second-order valence-corrected chi connectivity index (χ2v) is 10.4. The number of Topliss-reactive ketones (excluding diaryl/α,β-unsaturated/α-hetero) is 1. The van der Waals surface area contributed by atoms with Crippen LogP contribution in [-0.4, -0.2) is 55.5 Å². The number of sulfonamides is 1. The third kappa shape index (κ3) is 4.84. The lowest BCUT2D eigenvalue weighted by atomic mass is 10.1. The van der Waals surface area contributed by atoms with Gasteiger partial charge < -0.3 is 4.90 Å². The number of piperazine rings is 1. The standard InChI is InChI=1S/C23H25ClN2O4S/c24-20-7-4-18(5-8-20)22(27)10-11-23(28)25-12-14-26(15-13-25)31(29,30)21-9-6-17-2-1-3-19(17)16-21/h4-9,16H,1-3,10-15H2. The van der Waals surface area contributed by atoms with E-state index in [0.717, 1.165) is 24.8 Å². The average molecular weight is 461 g/mol. The Hall–Kier alpha value is -2.22. The molecule has 6 nitrogen and oxygen atoms in total. The average Bonchev–Trinajstić information content (AvgIpc) is 3.26. The van der Waals surface area contributed by atoms with Gasteiger partial charge in [-0.15, -0.1) is 0 Å². The van der Waals surface area contributed by atoms with Gasteiger partial charge in [0.15, 0.2) is 5.78 Å². The quantitative estimate of drug-likeness (QED) is 0.620. The molecule has 1 aliphatic heterocycles. The van der Waals surface area contributed by atoms with Crippen molar-refractivity contribution >= 4 is 33.3 Å². The maximum absolute atomic E-state index is 13.0. The van der Waals surface area contributed by atoms with Crippen LogP contribution in [0.15, 0.2) is 47.4 Å². The lowest BCUT2D eigenvalue weighted by Crippen LogP contribution is -2.50. The number of amides is 1. The fourth-order valence-electron chi connectivity index (χ4n) is 4.19. The Labute approximate surface area is 187 Å². The third-order valence-electron chi connectivity index (χ3n) is 6.03. The number of ketones is 1. The largest absolute Gasteiger partial charge is 0.340 e. The predicted octanol–water partition coefficient (Wildman–Crippen LogP) is 3.32. The van der Waals surface area contributed by atoms with Crippen LogP contribution in [0.25, 0.3) is 0 Å². The molecule has 0 bridgehead atoms. The van der Waals surface area contributed by atoms with Crippen molar-refractivity contribution in [1.82, 2.24) is 9.21 Å². The Morgan fingerprint density at radius 1 is 0.871 bits per heavy atom. The van der Waals surface area contributed by atoms with Crippen LogP contribution < -0.4 is 0 Å². The monoisotopic (exact) mass is 460 g/mol. The summed E-state index contributed by atoms with van der Waals surface area (Å²) in [6, 6.07) is 12.0. The molecule has 8 heteroatoms. The van der Waals surface area contributed by atoms with Crippen LogP contribution in [0.1, 0.15) is 40.7 Å². The molecule has 0 atom stereocenters. The van der Waals surface area contributed by atoms with Gasteiger partial charge in [0.1, 0.15) is 0 Å². The van der Waals surface area contributed by atoms with Crippen LogP contribution in [0.5, 0.6) is 0 Å². The van der Waals surface area contributed by atoms with Crippen molar-refractivity contribution < 1.29 is 18.0 Å². The van der Waals surface area contributed by atoms with E-state index >= 15 is 0 Å². The van der Waals surface area contributed by atoms with Crippen molar-refractivity contribution in [1.29, 1.82) is 0 Å². The summed E-state index contributed by atoms with van der Waals surface area (Å²) in [5, 5.41) is 0.556. The SMILES string of the molecule is O=C(CCC(=O)N1CCN(S(=O)(=O)c2ccc3c(c2)CCC3)CC1)c1ccc(Cl)cc1. The van der Waals surface area contributed by atoms with Crippen LogP contribution in [-0.2, 0) is 27.7 Å². The molecule has 2 aromatic rings. The Balaban J connectivity index is 1.31. The van der Waals surface area contributed by atoms with Gasteiger partial charge >= 0.3 is 0 Å². The van der Waals surface area contributed by atoms with Gasteiger partial charge in [0, 0.05) is 49.6 Å². The van der Waals surface area contributed by atoms with Crippen molar-refractivity contribution in [3.05, 3.63) is 64.2 Å². The number of hydrogen-bond acceptors (Lipinski definition) is 4. The maximum Gasteiger partial charge on any atom is 0.243 e. The van der Waals surface area contributed by atoms with Crippen LogP contribution >= 0.6 is 11.6 Å². The van der Waals surface area contributed by atoms with Gasteiger partial charge in [-0.05, 0) is 66.8 Å². The molecule has 0 radical (unpaired) electrons. The molecule has 31 heavy (non-hydrogen) atoms. The van der Waals surface area contributed by atoms with Gasteiger partial charge in [0.05, 0.1) is 4.90 Å². The van der Waals surface area contributed by atoms with Crippen LogP contribution in [0.2, 0.25) is 5.02 Å². The zero-order chi connectivity index (χ0) is 22.0. The molecule has 0 spiro atoms. The summed E-state index contributed by atoms with van der Waals surface area (Å²) in [6.07, 6.45) is 3.24. The minimum absolute atomic E-state index is 0.108. The molecule has 4 rings (SSSR count). The number of hydrogen-bond donors (Lipinski definition) is 0. The topological polar surface area (TPSA) is 74.8 Å². The molecule has 0 saturated carbocycles. The highest BCUT2D eigenvalue weighted by molar-refractivity contribution is 7.89. The van der Waals surface area contributed by atoms with E-state index in [-0.39, 0.29) is 37.6 Å². The first-order valence-electron chi connectivity index (χ1n) is 10.5. The molecule has 1 amide bonds. The van der Waals surface area contributed by atoms with Gasteiger partial charge in [-0.2, -0.15) is 4.31 Å². The smallest absolute Gasteiger partial charge is 0.243 e. The second-order valence-electron chi connectivity index (χ2n) is 8.00. The van der Waals surface area contributed by atoms with Crippen molar-refractivity contribution in [3.63, 3.8) is 0 Å². The van der Waals surface area contributed by atoms with E-state index < -0.39 is 10.0 Å². The molecule has 0 aromatic heterocycles. The maximum atomic E-state index is 13.0. The summed E-state index contributed by atoms with van der Waals surface area (Å²) in [6.45, 7) is 1.18. The third-order valence-corrected chi connectivity index (χ3v) is 8.18. The molecule has 0 N–H and O–H groups in total.